The minimum Gasteiger partial charge on any atom is -0.481 e. The van der Waals surface area contributed by atoms with Crippen molar-refractivity contribution < 1.29 is 4.74 Å². The van der Waals surface area contributed by atoms with E-state index < -0.39 is 0 Å². The summed E-state index contributed by atoms with van der Waals surface area (Å²) in [4.78, 5) is 9.56. The number of terminal acetylenes is 1. The van der Waals surface area contributed by atoms with E-state index in [0.29, 0.717) is 5.82 Å². The summed E-state index contributed by atoms with van der Waals surface area (Å²) in [5.41, 5.74) is 4.77. The van der Waals surface area contributed by atoms with Crippen molar-refractivity contribution in [2.45, 2.75) is 0 Å². The van der Waals surface area contributed by atoms with Gasteiger partial charge in [-0.15, -0.1) is 6.42 Å². The second-order valence-corrected chi connectivity index (χ2v) is 6.63. The zero-order valence-corrected chi connectivity index (χ0v) is 16.4. The normalized spacial score (nSPS) is 10.6. The molecule has 0 aliphatic heterocycles. The Balaban J connectivity index is 1.72. The Bertz CT molecular complexity index is 1180. The summed E-state index contributed by atoms with van der Waals surface area (Å²) in [5, 5.41) is 0. The van der Waals surface area contributed by atoms with Gasteiger partial charge < -0.3 is 4.74 Å². The third-order valence-electron chi connectivity index (χ3n) is 4.50. The molecule has 0 amide bonds. The standard InChI is InChI=1S/C27H20N2O/c1-2-19-30-25-17-14-22(15-18-25)26-20-24(16-13-21-9-5-3-6-10-21)28-27(29-26)23-11-7-4-8-12-23/h1,3-18,20H,19H2/b16-13+. The second kappa shape index (κ2) is 9.36. The summed E-state index contributed by atoms with van der Waals surface area (Å²) in [7, 11) is 0. The van der Waals surface area contributed by atoms with Crippen LogP contribution < -0.4 is 4.74 Å². The van der Waals surface area contributed by atoms with E-state index in [1.165, 1.54) is 0 Å². The molecule has 0 fully saturated rings. The van der Waals surface area contributed by atoms with Crippen LogP contribution in [0.25, 0.3) is 34.8 Å². The van der Waals surface area contributed by atoms with E-state index in [-0.39, 0.29) is 6.61 Å². The van der Waals surface area contributed by atoms with Crippen LogP contribution >= 0.6 is 0 Å². The number of hydrogen-bond acceptors (Lipinski definition) is 3. The van der Waals surface area contributed by atoms with Crippen molar-refractivity contribution in [3.05, 3.63) is 102 Å². The number of ether oxygens (including phenoxy) is 1. The number of aromatic nitrogens is 2. The maximum absolute atomic E-state index is 5.47. The van der Waals surface area contributed by atoms with Gasteiger partial charge >= 0.3 is 0 Å². The van der Waals surface area contributed by atoms with Gasteiger partial charge in [0.25, 0.3) is 0 Å². The fourth-order valence-corrected chi connectivity index (χ4v) is 3.01. The van der Waals surface area contributed by atoms with E-state index in [0.717, 1.165) is 33.8 Å². The molecule has 0 N–H and O–H groups in total. The molecule has 30 heavy (non-hydrogen) atoms. The molecule has 0 radical (unpaired) electrons. The van der Waals surface area contributed by atoms with Crippen LogP contribution in [0.4, 0.5) is 0 Å². The van der Waals surface area contributed by atoms with Crippen LogP contribution in [0.3, 0.4) is 0 Å². The Kier molecular flexibility index (Phi) is 5.98. The Morgan fingerprint density at radius 2 is 1.47 bits per heavy atom. The first-order chi connectivity index (χ1) is 14.8. The van der Waals surface area contributed by atoms with Crippen LogP contribution in [0.15, 0.2) is 91.0 Å². The SMILES string of the molecule is C#CCOc1ccc(-c2cc(/C=C/c3ccccc3)nc(-c3ccccc3)n2)cc1. The fraction of sp³-hybridized carbons (Fsp3) is 0.0370. The van der Waals surface area contributed by atoms with E-state index in [9.17, 15) is 0 Å². The summed E-state index contributed by atoms with van der Waals surface area (Å²) in [6, 6.07) is 29.9. The number of benzene rings is 3. The van der Waals surface area contributed by atoms with Gasteiger partial charge in [-0.1, -0.05) is 72.7 Å². The van der Waals surface area contributed by atoms with Gasteiger partial charge in [0.05, 0.1) is 11.4 Å². The summed E-state index contributed by atoms with van der Waals surface area (Å²) in [6.07, 6.45) is 9.32. The van der Waals surface area contributed by atoms with Crippen LogP contribution in [0.1, 0.15) is 11.3 Å². The molecule has 0 saturated heterocycles. The lowest BCUT2D eigenvalue weighted by molar-refractivity contribution is 0.370. The quantitative estimate of drug-likeness (QED) is 0.380. The molecular weight excluding hydrogens is 368 g/mol. The van der Waals surface area contributed by atoms with E-state index in [4.69, 9.17) is 21.1 Å². The van der Waals surface area contributed by atoms with Crippen LogP contribution in [-0.2, 0) is 0 Å². The average Bonchev–Trinajstić information content (AvgIpc) is 2.83. The molecule has 4 aromatic rings. The molecule has 4 rings (SSSR count). The lowest BCUT2D eigenvalue weighted by Gasteiger charge is -2.08. The van der Waals surface area contributed by atoms with E-state index in [1.807, 2.05) is 84.9 Å². The monoisotopic (exact) mass is 388 g/mol. The Hall–Kier alpha value is -4.16. The zero-order valence-electron chi connectivity index (χ0n) is 16.4. The van der Waals surface area contributed by atoms with Crippen molar-refractivity contribution in [2.24, 2.45) is 0 Å². The molecule has 0 aliphatic rings. The molecule has 1 heterocycles. The van der Waals surface area contributed by atoms with Gasteiger partial charge in [0.2, 0.25) is 0 Å². The fourth-order valence-electron chi connectivity index (χ4n) is 3.01. The van der Waals surface area contributed by atoms with E-state index >= 15 is 0 Å². The van der Waals surface area contributed by atoms with Gasteiger partial charge in [-0.25, -0.2) is 9.97 Å². The summed E-state index contributed by atoms with van der Waals surface area (Å²) >= 11 is 0. The predicted molar refractivity (Wildman–Crippen MR) is 123 cm³/mol. The zero-order chi connectivity index (χ0) is 20.6. The van der Waals surface area contributed by atoms with Gasteiger partial charge in [0.1, 0.15) is 12.4 Å². The first-order valence-corrected chi connectivity index (χ1v) is 9.66. The smallest absolute Gasteiger partial charge is 0.160 e. The van der Waals surface area contributed by atoms with Crippen molar-refractivity contribution in [3.63, 3.8) is 0 Å². The minimum atomic E-state index is 0.249. The van der Waals surface area contributed by atoms with Crippen molar-refractivity contribution in [1.82, 2.24) is 9.97 Å². The molecule has 0 bridgehead atoms. The van der Waals surface area contributed by atoms with Crippen LogP contribution in [-0.4, -0.2) is 16.6 Å². The van der Waals surface area contributed by atoms with E-state index in [1.54, 1.807) is 0 Å². The Morgan fingerprint density at radius 3 is 2.17 bits per heavy atom. The number of hydrogen-bond donors (Lipinski definition) is 0. The molecule has 0 atom stereocenters. The summed E-state index contributed by atoms with van der Waals surface area (Å²) in [5.74, 6) is 3.90. The Labute approximate surface area is 176 Å². The summed E-state index contributed by atoms with van der Waals surface area (Å²) < 4.78 is 5.47. The minimum absolute atomic E-state index is 0.249. The second-order valence-electron chi connectivity index (χ2n) is 6.63. The Morgan fingerprint density at radius 1 is 0.767 bits per heavy atom. The topological polar surface area (TPSA) is 35.0 Å². The van der Waals surface area contributed by atoms with Crippen molar-refractivity contribution >= 4 is 12.2 Å². The molecule has 3 nitrogen and oxygen atoms in total. The first-order valence-electron chi connectivity index (χ1n) is 9.66. The lowest BCUT2D eigenvalue weighted by atomic mass is 10.1. The maximum Gasteiger partial charge on any atom is 0.160 e. The molecule has 0 saturated carbocycles. The van der Waals surface area contributed by atoms with Crippen LogP contribution in [0.5, 0.6) is 5.75 Å². The third kappa shape index (κ3) is 4.81. The van der Waals surface area contributed by atoms with Crippen LogP contribution in [0.2, 0.25) is 0 Å². The first kappa shape index (κ1) is 19.2. The lowest BCUT2D eigenvalue weighted by Crippen LogP contribution is -1.96. The molecule has 1 aromatic heterocycles. The number of rotatable bonds is 6. The molecule has 0 unspecified atom stereocenters. The van der Waals surface area contributed by atoms with Gasteiger partial charge in [-0.3, -0.25) is 0 Å². The van der Waals surface area contributed by atoms with Gasteiger partial charge in [0.15, 0.2) is 5.82 Å². The highest BCUT2D eigenvalue weighted by Gasteiger charge is 2.08. The van der Waals surface area contributed by atoms with E-state index in [2.05, 4.69) is 24.1 Å². The highest BCUT2D eigenvalue weighted by atomic mass is 16.5. The molecule has 0 aliphatic carbocycles. The average molecular weight is 388 g/mol. The molecule has 3 heteroatoms. The maximum atomic E-state index is 5.47. The predicted octanol–water partition coefficient (Wildman–Crippen LogP) is 5.99. The van der Waals surface area contributed by atoms with Gasteiger partial charge in [-0.2, -0.15) is 0 Å². The van der Waals surface area contributed by atoms with Crippen LogP contribution in [0, 0.1) is 12.3 Å². The highest BCUT2D eigenvalue weighted by molar-refractivity contribution is 5.73. The number of nitrogens with zero attached hydrogens (tertiary/aromatic N) is 2. The molecule has 0 spiro atoms. The van der Waals surface area contributed by atoms with Crippen molar-refractivity contribution in [3.8, 4) is 40.7 Å². The molecule has 3 aromatic carbocycles. The largest absolute Gasteiger partial charge is 0.481 e. The molecule has 144 valence electrons. The van der Waals surface area contributed by atoms with Crippen molar-refractivity contribution in [1.29, 1.82) is 0 Å². The van der Waals surface area contributed by atoms with Crippen molar-refractivity contribution in [2.75, 3.05) is 6.61 Å². The van der Waals surface area contributed by atoms with Gasteiger partial charge in [0, 0.05) is 11.1 Å². The molecular formula is C27H20N2O. The highest BCUT2D eigenvalue weighted by Crippen LogP contribution is 2.25. The summed E-state index contributed by atoms with van der Waals surface area (Å²) in [6.45, 7) is 0.249. The third-order valence-corrected chi connectivity index (χ3v) is 4.50. The van der Waals surface area contributed by atoms with Gasteiger partial charge in [-0.05, 0) is 42.0 Å².